The molecule has 0 spiro atoms. The van der Waals surface area contributed by atoms with Gasteiger partial charge >= 0.3 is 5.97 Å². The number of carboxylic acids is 1. The van der Waals surface area contributed by atoms with E-state index in [1.165, 1.54) is 0 Å². The molecule has 1 fully saturated rings. The molecule has 1 aromatic carbocycles. The van der Waals surface area contributed by atoms with E-state index in [4.69, 9.17) is 5.11 Å². The number of hydrogen-bond acceptors (Lipinski definition) is 3. The molecule has 1 saturated carbocycles. The minimum absolute atomic E-state index is 0.165. The molecular formula is C14H19NO3. The second-order valence-electron chi connectivity index (χ2n) is 4.84. The number of hydrogen-bond donors (Lipinski definition) is 3. The van der Waals surface area contributed by atoms with Crippen LogP contribution in [-0.2, 0) is 6.54 Å². The summed E-state index contributed by atoms with van der Waals surface area (Å²) in [5.41, 5.74) is 1.34. The van der Waals surface area contributed by atoms with Crippen LogP contribution in [0.5, 0.6) is 0 Å². The van der Waals surface area contributed by atoms with E-state index in [1.54, 1.807) is 12.1 Å². The van der Waals surface area contributed by atoms with Gasteiger partial charge in [0.05, 0.1) is 11.7 Å². The number of rotatable bonds is 4. The van der Waals surface area contributed by atoms with Crippen LogP contribution in [0, 0.1) is 0 Å². The van der Waals surface area contributed by atoms with Gasteiger partial charge in [-0.15, -0.1) is 0 Å². The summed E-state index contributed by atoms with van der Waals surface area (Å²) in [5.74, 6) is -0.905. The lowest BCUT2D eigenvalue weighted by molar-refractivity contribution is 0.0697. The molecule has 2 rings (SSSR count). The zero-order chi connectivity index (χ0) is 13.0. The molecule has 18 heavy (non-hydrogen) atoms. The molecule has 98 valence electrons. The summed E-state index contributed by atoms with van der Waals surface area (Å²) in [5, 5.41) is 22.0. The third-order valence-electron chi connectivity index (χ3n) is 3.50. The van der Waals surface area contributed by atoms with Crippen LogP contribution in [0.25, 0.3) is 0 Å². The van der Waals surface area contributed by atoms with Gasteiger partial charge in [0.25, 0.3) is 0 Å². The van der Waals surface area contributed by atoms with Crippen molar-refractivity contribution in [2.75, 3.05) is 0 Å². The molecule has 0 aliphatic heterocycles. The van der Waals surface area contributed by atoms with Crippen molar-refractivity contribution in [3.8, 4) is 0 Å². The molecule has 0 saturated heterocycles. The number of aliphatic hydroxyl groups excluding tert-OH is 1. The Morgan fingerprint density at radius 2 is 1.89 bits per heavy atom. The highest BCUT2D eigenvalue weighted by Gasteiger charge is 2.21. The molecule has 0 heterocycles. The standard InChI is InChI=1S/C14H19NO3/c16-13-4-2-1-3-12(13)15-9-10-5-7-11(8-6-10)14(17)18/h5-8,12-13,15-16H,1-4,9H2,(H,17,18). The van der Waals surface area contributed by atoms with E-state index in [0.29, 0.717) is 12.1 Å². The normalized spacial score (nSPS) is 23.8. The molecule has 0 amide bonds. The predicted octanol–water partition coefficient (Wildman–Crippen LogP) is 1.78. The van der Waals surface area contributed by atoms with Crippen molar-refractivity contribution in [1.82, 2.24) is 5.32 Å². The molecule has 4 heteroatoms. The summed E-state index contributed by atoms with van der Waals surface area (Å²) in [4.78, 5) is 10.7. The number of aliphatic hydroxyl groups is 1. The van der Waals surface area contributed by atoms with Crippen molar-refractivity contribution >= 4 is 5.97 Å². The monoisotopic (exact) mass is 249 g/mol. The van der Waals surface area contributed by atoms with E-state index in [-0.39, 0.29) is 12.1 Å². The van der Waals surface area contributed by atoms with Crippen LogP contribution in [0.1, 0.15) is 41.6 Å². The molecule has 0 radical (unpaired) electrons. The SMILES string of the molecule is O=C(O)c1ccc(CNC2CCCCC2O)cc1. The van der Waals surface area contributed by atoms with Crippen molar-refractivity contribution in [3.05, 3.63) is 35.4 Å². The molecule has 0 aromatic heterocycles. The van der Waals surface area contributed by atoms with Crippen LogP contribution >= 0.6 is 0 Å². The molecule has 1 aromatic rings. The van der Waals surface area contributed by atoms with Crippen molar-refractivity contribution in [2.45, 2.75) is 44.4 Å². The third kappa shape index (κ3) is 3.31. The highest BCUT2D eigenvalue weighted by Crippen LogP contribution is 2.18. The Morgan fingerprint density at radius 1 is 1.22 bits per heavy atom. The molecule has 2 unspecified atom stereocenters. The van der Waals surface area contributed by atoms with Crippen molar-refractivity contribution in [3.63, 3.8) is 0 Å². The maximum Gasteiger partial charge on any atom is 0.335 e. The highest BCUT2D eigenvalue weighted by atomic mass is 16.4. The smallest absolute Gasteiger partial charge is 0.335 e. The minimum atomic E-state index is -0.905. The van der Waals surface area contributed by atoms with Crippen LogP contribution in [0.3, 0.4) is 0 Å². The van der Waals surface area contributed by atoms with Gasteiger partial charge in [0.15, 0.2) is 0 Å². The topological polar surface area (TPSA) is 69.6 Å². The Morgan fingerprint density at radius 3 is 2.50 bits per heavy atom. The van der Waals surface area contributed by atoms with Crippen molar-refractivity contribution in [1.29, 1.82) is 0 Å². The summed E-state index contributed by atoms with van der Waals surface area (Å²) in [7, 11) is 0. The third-order valence-corrected chi connectivity index (χ3v) is 3.50. The zero-order valence-corrected chi connectivity index (χ0v) is 10.3. The first-order valence-electron chi connectivity index (χ1n) is 6.40. The lowest BCUT2D eigenvalue weighted by Gasteiger charge is -2.28. The average Bonchev–Trinajstić information content (AvgIpc) is 2.38. The molecular weight excluding hydrogens is 230 g/mol. The van der Waals surface area contributed by atoms with Crippen LogP contribution in [-0.4, -0.2) is 28.3 Å². The van der Waals surface area contributed by atoms with Crippen LogP contribution in [0.4, 0.5) is 0 Å². The molecule has 3 N–H and O–H groups in total. The van der Waals surface area contributed by atoms with E-state index in [2.05, 4.69) is 5.32 Å². The number of nitrogens with one attached hydrogen (secondary N) is 1. The Labute approximate surface area is 107 Å². The minimum Gasteiger partial charge on any atom is -0.478 e. The Hall–Kier alpha value is -1.39. The quantitative estimate of drug-likeness (QED) is 0.760. The van der Waals surface area contributed by atoms with Crippen LogP contribution in [0.15, 0.2) is 24.3 Å². The average molecular weight is 249 g/mol. The fourth-order valence-corrected chi connectivity index (χ4v) is 2.36. The molecule has 1 aliphatic carbocycles. The first-order valence-corrected chi connectivity index (χ1v) is 6.40. The Balaban J connectivity index is 1.87. The highest BCUT2D eigenvalue weighted by molar-refractivity contribution is 5.87. The second kappa shape index (κ2) is 5.98. The number of carbonyl (C=O) groups is 1. The Kier molecular flexibility index (Phi) is 4.33. The summed E-state index contributed by atoms with van der Waals surface area (Å²) in [6, 6.07) is 7.00. The number of benzene rings is 1. The van der Waals surface area contributed by atoms with Crippen molar-refractivity contribution in [2.24, 2.45) is 0 Å². The summed E-state index contributed by atoms with van der Waals surface area (Å²) in [6.45, 7) is 0.668. The van der Waals surface area contributed by atoms with E-state index in [1.807, 2.05) is 12.1 Å². The van der Waals surface area contributed by atoms with Gasteiger partial charge in [0, 0.05) is 12.6 Å². The van der Waals surface area contributed by atoms with Crippen molar-refractivity contribution < 1.29 is 15.0 Å². The molecule has 0 bridgehead atoms. The van der Waals surface area contributed by atoms with Gasteiger partial charge in [-0.3, -0.25) is 0 Å². The van der Waals surface area contributed by atoms with Crippen LogP contribution < -0.4 is 5.32 Å². The van der Waals surface area contributed by atoms with Gasteiger partial charge in [-0.25, -0.2) is 4.79 Å². The lowest BCUT2D eigenvalue weighted by atomic mass is 9.92. The maximum absolute atomic E-state index is 10.7. The number of carboxylic acid groups (broad SMARTS) is 1. The van der Waals surface area contributed by atoms with E-state index >= 15 is 0 Å². The predicted molar refractivity (Wildman–Crippen MR) is 68.5 cm³/mol. The van der Waals surface area contributed by atoms with Gasteiger partial charge in [-0.2, -0.15) is 0 Å². The first-order chi connectivity index (χ1) is 8.66. The number of aromatic carboxylic acids is 1. The van der Waals surface area contributed by atoms with E-state index < -0.39 is 5.97 Å². The van der Waals surface area contributed by atoms with Gasteiger partial charge < -0.3 is 15.5 Å². The molecule has 4 nitrogen and oxygen atoms in total. The fourth-order valence-electron chi connectivity index (χ4n) is 2.36. The van der Waals surface area contributed by atoms with Gasteiger partial charge in [0.2, 0.25) is 0 Å². The summed E-state index contributed by atoms with van der Waals surface area (Å²) >= 11 is 0. The Bertz CT molecular complexity index is 402. The second-order valence-corrected chi connectivity index (χ2v) is 4.84. The maximum atomic E-state index is 10.7. The van der Waals surface area contributed by atoms with Gasteiger partial charge in [0.1, 0.15) is 0 Å². The lowest BCUT2D eigenvalue weighted by Crippen LogP contribution is -2.41. The molecule has 2 atom stereocenters. The van der Waals surface area contributed by atoms with Gasteiger partial charge in [-0.1, -0.05) is 25.0 Å². The summed E-state index contributed by atoms with van der Waals surface area (Å²) in [6.07, 6.45) is 3.89. The summed E-state index contributed by atoms with van der Waals surface area (Å²) < 4.78 is 0. The fraction of sp³-hybridized carbons (Fsp3) is 0.500. The molecule has 1 aliphatic rings. The van der Waals surface area contributed by atoms with E-state index in [9.17, 15) is 9.90 Å². The first kappa shape index (κ1) is 13.1. The van der Waals surface area contributed by atoms with E-state index in [0.717, 1.165) is 31.2 Å². The zero-order valence-electron chi connectivity index (χ0n) is 10.3. The van der Waals surface area contributed by atoms with Gasteiger partial charge in [-0.05, 0) is 30.5 Å². The largest absolute Gasteiger partial charge is 0.478 e. The van der Waals surface area contributed by atoms with Crippen LogP contribution in [0.2, 0.25) is 0 Å².